The predicted molar refractivity (Wildman–Crippen MR) is 211 cm³/mol. The molecule has 0 aliphatic carbocycles. The van der Waals surface area contributed by atoms with Gasteiger partial charge < -0.3 is 8.98 Å². The van der Waals surface area contributed by atoms with Crippen LogP contribution in [0.15, 0.2) is 162 Å². The number of hydrogen-bond donors (Lipinski definition) is 0. The lowest BCUT2D eigenvalue weighted by Gasteiger charge is -2.10. The summed E-state index contributed by atoms with van der Waals surface area (Å²) >= 11 is 1.81. The second-order valence-corrected chi connectivity index (χ2v) is 13.9. The number of para-hydroxylation sites is 2. The molecule has 0 N–H and O–H groups in total. The summed E-state index contributed by atoms with van der Waals surface area (Å²) in [4.78, 5) is 14.9. The fourth-order valence-electron chi connectivity index (χ4n) is 7.52. The monoisotopic (exact) mass is 670 g/mol. The maximum atomic E-state index is 6.50. The number of rotatable bonds is 4. The van der Waals surface area contributed by atoms with Crippen LogP contribution in [-0.2, 0) is 0 Å². The first kappa shape index (κ1) is 28.2. The van der Waals surface area contributed by atoms with E-state index in [1.165, 1.54) is 47.7 Å². The largest absolute Gasteiger partial charge is 0.456 e. The second kappa shape index (κ2) is 10.9. The van der Waals surface area contributed by atoms with E-state index in [0.717, 1.165) is 38.6 Å². The lowest BCUT2D eigenvalue weighted by Crippen LogP contribution is -2.00. The molecule has 6 heteroatoms. The Morgan fingerprint density at radius 2 is 1.00 bits per heavy atom. The average molecular weight is 671 g/mol. The Kier molecular flexibility index (Phi) is 6.05. The lowest BCUT2D eigenvalue weighted by molar-refractivity contribution is 0.669. The molecule has 4 aromatic heterocycles. The highest BCUT2D eigenvalue weighted by Crippen LogP contribution is 2.44. The van der Waals surface area contributed by atoms with Crippen LogP contribution < -0.4 is 0 Å². The van der Waals surface area contributed by atoms with Gasteiger partial charge >= 0.3 is 0 Å². The summed E-state index contributed by atoms with van der Waals surface area (Å²) in [5.41, 5.74) is 8.07. The molecule has 0 saturated carbocycles. The SMILES string of the molecule is c1ccc(-c2nc(-c3ccccc3)nc(-c3ccc4oc5cc6sc7cccc(-n8c9ccccc9c9ccccc98)c7c6cc5c4c3)n2)cc1. The van der Waals surface area contributed by atoms with Gasteiger partial charge in [0.25, 0.3) is 0 Å². The van der Waals surface area contributed by atoms with Crippen molar-refractivity contribution in [2.45, 2.75) is 0 Å². The van der Waals surface area contributed by atoms with Gasteiger partial charge in [-0.05, 0) is 54.6 Å². The van der Waals surface area contributed by atoms with Crippen molar-refractivity contribution in [3.8, 4) is 39.9 Å². The normalized spacial score (nSPS) is 11.9. The van der Waals surface area contributed by atoms with E-state index in [9.17, 15) is 0 Å². The van der Waals surface area contributed by atoms with E-state index in [2.05, 4.69) is 89.5 Å². The molecule has 7 aromatic carbocycles. The first-order chi connectivity index (χ1) is 25.3. The van der Waals surface area contributed by atoms with Gasteiger partial charge in [0.15, 0.2) is 17.5 Å². The lowest BCUT2D eigenvalue weighted by atomic mass is 10.0. The highest BCUT2D eigenvalue weighted by molar-refractivity contribution is 7.26. The zero-order valence-corrected chi connectivity index (χ0v) is 27.9. The molecule has 51 heavy (non-hydrogen) atoms. The Hall–Kier alpha value is -6.63. The van der Waals surface area contributed by atoms with E-state index in [0.29, 0.717) is 17.5 Å². The summed E-state index contributed by atoms with van der Waals surface area (Å²) in [5.74, 6) is 1.90. The summed E-state index contributed by atoms with van der Waals surface area (Å²) in [7, 11) is 0. The highest BCUT2D eigenvalue weighted by Gasteiger charge is 2.19. The number of thiophene rings is 1. The molecular weight excluding hydrogens is 645 g/mol. The molecule has 0 aliphatic rings. The molecule has 11 rings (SSSR count). The first-order valence-corrected chi connectivity index (χ1v) is 17.8. The van der Waals surface area contributed by atoms with Crippen molar-refractivity contribution in [3.05, 3.63) is 158 Å². The van der Waals surface area contributed by atoms with Crippen LogP contribution in [-0.4, -0.2) is 19.5 Å². The fourth-order valence-corrected chi connectivity index (χ4v) is 8.66. The Morgan fingerprint density at radius 1 is 0.412 bits per heavy atom. The fraction of sp³-hybridized carbons (Fsp3) is 0. The van der Waals surface area contributed by atoms with Crippen LogP contribution in [0, 0.1) is 0 Å². The molecule has 5 nitrogen and oxygen atoms in total. The van der Waals surface area contributed by atoms with Crippen LogP contribution in [0.25, 0.3) is 104 Å². The number of nitrogens with zero attached hydrogens (tertiary/aromatic N) is 4. The first-order valence-electron chi connectivity index (χ1n) is 16.9. The van der Waals surface area contributed by atoms with Crippen LogP contribution >= 0.6 is 11.3 Å². The van der Waals surface area contributed by atoms with E-state index in [1.807, 2.05) is 84.1 Å². The van der Waals surface area contributed by atoms with Crippen molar-refractivity contribution in [1.82, 2.24) is 19.5 Å². The minimum Gasteiger partial charge on any atom is -0.456 e. The maximum absolute atomic E-state index is 6.50. The van der Waals surface area contributed by atoms with Crippen molar-refractivity contribution in [3.63, 3.8) is 0 Å². The van der Waals surface area contributed by atoms with E-state index < -0.39 is 0 Å². The van der Waals surface area contributed by atoms with Gasteiger partial charge in [-0.3, -0.25) is 0 Å². The Balaban J connectivity index is 1.14. The van der Waals surface area contributed by atoms with Gasteiger partial charge in [0.1, 0.15) is 11.2 Å². The topological polar surface area (TPSA) is 56.7 Å². The smallest absolute Gasteiger partial charge is 0.164 e. The zero-order valence-electron chi connectivity index (χ0n) is 27.1. The summed E-state index contributed by atoms with van der Waals surface area (Å²) in [6.07, 6.45) is 0. The Bertz CT molecular complexity index is 3030. The molecule has 0 amide bonds. The van der Waals surface area contributed by atoms with E-state index in [-0.39, 0.29) is 0 Å². The van der Waals surface area contributed by atoms with E-state index >= 15 is 0 Å². The van der Waals surface area contributed by atoms with Crippen LogP contribution in [0.1, 0.15) is 0 Å². The minimum atomic E-state index is 0.620. The molecule has 11 aromatic rings. The molecule has 0 atom stereocenters. The van der Waals surface area contributed by atoms with Gasteiger partial charge in [-0.2, -0.15) is 0 Å². The molecule has 238 valence electrons. The molecule has 0 fully saturated rings. The minimum absolute atomic E-state index is 0.620. The summed E-state index contributed by atoms with van der Waals surface area (Å²) < 4.78 is 11.4. The number of hydrogen-bond acceptors (Lipinski definition) is 5. The van der Waals surface area contributed by atoms with Crippen LogP contribution in [0.3, 0.4) is 0 Å². The summed E-state index contributed by atoms with van der Waals surface area (Å²) in [5, 5.41) is 7.06. The van der Waals surface area contributed by atoms with Gasteiger partial charge in [-0.15, -0.1) is 11.3 Å². The standard InChI is InChI=1S/C45H26N4OS/c1-3-12-27(13-4-1)43-46-44(28-14-5-2-6-15-28)48-45(47-43)29-22-23-38-32(24-29)33-25-34-41(26-39(33)50-38)51-40-21-11-20-37(42(34)40)49-35-18-9-7-16-30(35)31-17-8-10-19-36(31)49/h1-26H. The Labute approximate surface area is 295 Å². The van der Waals surface area contributed by atoms with Crippen LogP contribution in [0.5, 0.6) is 0 Å². The van der Waals surface area contributed by atoms with E-state index in [4.69, 9.17) is 19.4 Å². The van der Waals surface area contributed by atoms with Crippen molar-refractivity contribution < 1.29 is 4.42 Å². The van der Waals surface area contributed by atoms with Gasteiger partial charge in [0.05, 0.1) is 16.7 Å². The van der Waals surface area contributed by atoms with Gasteiger partial charge in [0.2, 0.25) is 0 Å². The van der Waals surface area contributed by atoms with Crippen LogP contribution in [0.4, 0.5) is 0 Å². The number of fused-ring (bicyclic) bond motifs is 9. The third-order valence-electron chi connectivity index (χ3n) is 9.84. The van der Waals surface area contributed by atoms with Crippen molar-refractivity contribution in [2.75, 3.05) is 0 Å². The van der Waals surface area contributed by atoms with E-state index in [1.54, 1.807) is 0 Å². The summed E-state index contributed by atoms with van der Waals surface area (Å²) in [6.45, 7) is 0. The Morgan fingerprint density at radius 3 is 1.67 bits per heavy atom. The third-order valence-corrected chi connectivity index (χ3v) is 11.0. The molecular formula is C45H26N4OS. The van der Waals surface area contributed by atoms with Crippen molar-refractivity contribution >= 4 is 75.3 Å². The second-order valence-electron chi connectivity index (χ2n) is 12.8. The van der Waals surface area contributed by atoms with Gasteiger partial charge in [-0.25, -0.2) is 15.0 Å². The molecule has 4 heterocycles. The molecule has 0 unspecified atom stereocenters. The molecule has 0 aliphatic heterocycles. The molecule has 0 bridgehead atoms. The van der Waals surface area contributed by atoms with Crippen molar-refractivity contribution in [2.24, 2.45) is 0 Å². The maximum Gasteiger partial charge on any atom is 0.164 e. The average Bonchev–Trinajstić information content (AvgIpc) is 3.86. The van der Waals surface area contributed by atoms with Gasteiger partial charge in [-0.1, -0.05) is 103 Å². The summed E-state index contributed by atoms with van der Waals surface area (Å²) in [6, 6.07) is 54.9. The number of furan rings is 1. The zero-order chi connectivity index (χ0) is 33.5. The van der Waals surface area contributed by atoms with Crippen molar-refractivity contribution in [1.29, 1.82) is 0 Å². The number of benzene rings is 7. The molecule has 0 spiro atoms. The van der Waals surface area contributed by atoms with Crippen LogP contribution in [0.2, 0.25) is 0 Å². The molecule has 0 saturated heterocycles. The number of aromatic nitrogens is 4. The molecule has 0 radical (unpaired) electrons. The predicted octanol–water partition coefficient (Wildman–Crippen LogP) is 12.2. The quantitative estimate of drug-likeness (QED) is 0.187. The highest BCUT2D eigenvalue weighted by atomic mass is 32.1. The third kappa shape index (κ3) is 4.37. The van der Waals surface area contributed by atoms with Gasteiger partial charge in [0, 0.05) is 58.4 Å².